The molecular formula is C24H29N7O3. The lowest BCUT2D eigenvalue weighted by atomic mass is 9.82. The van der Waals surface area contributed by atoms with E-state index in [4.69, 9.17) is 21.0 Å². The van der Waals surface area contributed by atoms with E-state index in [0.717, 1.165) is 27.5 Å². The van der Waals surface area contributed by atoms with Gasteiger partial charge in [0.05, 0.1) is 16.7 Å². The summed E-state index contributed by atoms with van der Waals surface area (Å²) in [6.07, 6.45) is -1.99. The lowest BCUT2D eigenvalue weighted by molar-refractivity contribution is -0.130. The van der Waals surface area contributed by atoms with E-state index in [-0.39, 0.29) is 31.0 Å². The number of primary amides is 1. The number of fused-ring (bicyclic) bond motifs is 2. The Hall–Kier alpha value is -4.04. The SMILES string of the molecule is CC(C)(C)C(CC(OC(N)=O)C(=O)NCCN=[N+]=[N-])Nc1c2ccccc2nc2ccccc12. The van der Waals surface area contributed by atoms with Gasteiger partial charge in [0.25, 0.3) is 5.91 Å². The van der Waals surface area contributed by atoms with Gasteiger partial charge >= 0.3 is 6.09 Å². The van der Waals surface area contributed by atoms with E-state index in [1.54, 1.807) is 0 Å². The molecule has 2 amide bonds. The molecule has 0 aliphatic heterocycles. The van der Waals surface area contributed by atoms with Crippen LogP contribution >= 0.6 is 0 Å². The van der Waals surface area contributed by atoms with Crippen molar-refractivity contribution < 1.29 is 14.3 Å². The predicted octanol–water partition coefficient (Wildman–Crippen LogP) is 4.50. The number of carbonyl (C=O) groups excluding carboxylic acids is 2. The number of pyridine rings is 1. The highest BCUT2D eigenvalue weighted by molar-refractivity contribution is 6.07. The van der Waals surface area contributed by atoms with Gasteiger partial charge in [-0.3, -0.25) is 4.79 Å². The standard InChI is InChI=1S/C24H29N7O3/c1-24(2,3)20(14-19(34-23(25)33)22(32)27-12-13-28-31-26)30-21-15-8-4-6-10-17(15)29-18-11-7-5-9-16(18)21/h4-11,19-20H,12-14H2,1-3H3,(H2,25,33)(H,27,32)(H,29,30). The van der Waals surface area contributed by atoms with E-state index in [9.17, 15) is 9.59 Å². The maximum atomic E-state index is 12.8. The minimum atomic E-state index is -1.13. The highest BCUT2D eigenvalue weighted by atomic mass is 16.6. The van der Waals surface area contributed by atoms with Crippen LogP contribution in [0, 0.1) is 5.41 Å². The van der Waals surface area contributed by atoms with Crippen molar-refractivity contribution in [3.8, 4) is 0 Å². The molecular weight excluding hydrogens is 434 g/mol. The molecule has 0 radical (unpaired) electrons. The first-order valence-electron chi connectivity index (χ1n) is 11.0. The van der Waals surface area contributed by atoms with Crippen LogP contribution in [0.1, 0.15) is 27.2 Å². The molecule has 0 saturated carbocycles. The molecule has 1 heterocycles. The van der Waals surface area contributed by atoms with Gasteiger partial charge < -0.3 is 21.1 Å². The highest BCUT2D eigenvalue weighted by Gasteiger charge is 2.33. The van der Waals surface area contributed by atoms with Gasteiger partial charge in [0.2, 0.25) is 0 Å². The van der Waals surface area contributed by atoms with Crippen molar-refractivity contribution >= 4 is 39.5 Å². The van der Waals surface area contributed by atoms with Gasteiger partial charge in [-0.25, -0.2) is 9.78 Å². The number of hydrogen-bond donors (Lipinski definition) is 3. The molecule has 2 aromatic carbocycles. The minimum absolute atomic E-state index is 0.0848. The first kappa shape index (κ1) is 24.6. The Kier molecular flexibility index (Phi) is 7.75. The van der Waals surface area contributed by atoms with E-state index >= 15 is 0 Å². The molecule has 178 valence electrons. The summed E-state index contributed by atoms with van der Waals surface area (Å²) in [5, 5.41) is 11.5. The van der Waals surface area contributed by atoms with Crippen LogP contribution in [-0.2, 0) is 9.53 Å². The maximum Gasteiger partial charge on any atom is 0.405 e. The molecule has 1 aromatic heterocycles. The van der Waals surface area contributed by atoms with Crippen LogP contribution in [0.5, 0.6) is 0 Å². The molecule has 0 saturated heterocycles. The molecule has 34 heavy (non-hydrogen) atoms. The number of nitrogens with two attached hydrogens (primary N) is 1. The molecule has 10 nitrogen and oxygen atoms in total. The Morgan fingerprint density at radius 1 is 1.12 bits per heavy atom. The van der Waals surface area contributed by atoms with E-state index < -0.39 is 18.1 Å². The Morgan fingerprint density at radius 3 is 2.24 bits per heavy atom. The van der Waals surface area contributed by atoms with Crippen molar-refractivity contribution in [1.82, 2.24) is 10.3 Å². The average molecular weight is 464 g/mol. The van der Waals surface area contributed by atoms with Gasteiger partial charge in [0.1, 0.15) is 0 Å². The largest absolute Gasteiger partial charge is 0.436 e. The summed E-state index contributed by atoms with van der Waals surface area (Å²) in [7, 11) is 0. The smallest absolute Gasteiger partial charge is 0.405 e. The Balaban J connectivity index is 1.97. The number of aromatic nitrogens is 1. The van der Waals surface area contributed by atoms with E-state index in [2.05, 4.69) is 20.7 Å². The summed E-state index contributed by atoms with van der Waals surface area (Å²) in [6, 6.07) is 15.4. The number of amides is 2. The van der Waals surface area contributed by atoms with Crippen LogP contribution in [0.15, 0.2) is 53.6 Å². The second kappa shape index (κ2) is 10.7. The molecule has 2 atom stereocenters. The van der Waals surface area contributed by atoms with Crippen molar-refractivity contribution in [3.05, 3.63) is 59.0 Å². The van der Waals surface area contributed by atoms with Crippen LogP contribution in [0.25, 0.3) is 32.2 Å². The zero-order valence-corrected chi connectivity index (χ0v) is 19.5. The summed E-state index contributed by atoms with van der Waals surface area (Å²) in [5.74, 6) is -0.507. The number of carbonyl (C=O) groups is 2. The predicted molar refractivity (Wildman–Crippen MR) is 132 cm³/mol. The summed E-state index contributed by atoms with van der Waals surface area (Å²) < 4.78 is 5.18. The van der Waals surface area contributed by atoms with Crippen molar-refractivity contribution in [1.29, 1.82) is 0 Å². The molecule has 3 rings (SSSR count). The Labute approximate surface area is 197 Å². The molecule has 0 fully saturated rings. The zero-order chi connectivity index (χ0) is 24.7. The van der Waals surface area contributed by atoms with Gasteiger partial charge in [-0.05, 0) is 23.1 Å². The molecule has 0 bridgehead atoms. The molecule has 0 spiro atoms. The minimum Gasteiger partial charge on any atom is -0.436 e. The number of hydrogen-bond acceptors (Lipinski definition) is 6. The fourth-order valence-corrected chi connectivity index (χ4v) is 3.75. The van der Waals surface area contributed by atoms with E-state index in [1.807, 2.05) is 69.3 Å². The second-order valence-corrected chi connectivity index (χ2v) is 8.99. The van der Waals surface area contributed by atoms with Crippen molar-refractivity contribution in [2.75, 3.05) is 18.4 Å². The number of para-hydroxylation sites is 2. The van der Waals surface area contributed by atoms with Crippen molar-refractivity contribution in [2.45, 2.75) is 39.3 Å². The van der Waals surface area contributed by atoms with Gasteiger partial charge in [-0.1, -0.05) is 62.3 Å². The number of ether oxygens (including phenoxy) is 1. The second-order valence-electron chi connectivity index (χ2n) is 8.99. The molecule has 0 aliphatic rings. The first-order chi connectivity index (χ1) is 16.2. The van der Waals surface area contributed by atoms with Crippen molar-refractivity contribution in [3.63, 3.8) is 0 Å². The van der Waals surface area contributed by atoms with Crippen LogP contribution < -0.4 is 16.4 Å². The number of nitrogens with zero attached hydrogens (tertiary/aromatic N) is 4. The van der Waals surface area contributed by atoms with Crippen LogP contribution in [0.3, 0.4) is 0 Å². The zero-order valence-electron chi connectivity index (χ0n) is 19.5. The monoisotopic (exact) mass is 463 g/mol. The fourth-order valence-electron chi connectivity index (χ4n) is 3.75. The quantitative estimate of drug-likeness (QED) is 0.140. The molecule has 2 unspecified atom stereocenters. The summed E-state index contributed by atoms with van der Waals surface area (Å²) >= 11 is 0. The van der Waals surface area contributed by atoms with Crippen LogP contribution in [-0.4, -0.2) is 42.2 Å². The summed E-state index contributed by atoms with van der Waals surface area (Å²) in [4.78, 5) is 31.7. The fraction of sp³-hybridized carbons (Fsp3) is 0.375. The van der Waals surface area contributed by atoms with Gasteiger partial charge in [-0.15, -0.1) is 0 Å². The van der Waals surface area contributed by atoms with Crippen molar-refractivity contribution in [2.24, 2.45) is 16.3 Å². The number of rotatable bonds is 9. The number of anilines is 1. The van der Waals surface area contributed by atoms with E-state index in [0.29, 0.717) is 0 Å². The topological polar surface area (TPSA) is 155 Å². The van der Waals surface area contributed by atoms with E-state index in [1.165, 1.54) is 0 Å². The summed E-state index contributed by atoms with van der Waals surface area (Å²) in [6.45, 7) is 6.32. The first-order valence-corrected chi connectivity index (χ1v) is 11.0. The molecule has 4 N–H and O–H groups in total. The Morgan fingerprint density at radius 2 is 1.71 bits per heavy atom. The maximum absolute atomic E-state index is 12.8. The third-order valence-electron chi connectivity index (χ3n) is 5.53. The molecule has 10 heteroatoms. The van der Waals surface area contributed by atoms with Gasteiger partial charge in [0, 0.05) is 41.2 Å². The van der Waals surface area contributed by atoms with Gasteiger partial charge in [-0.2, -0.15) is 0 Å². The molecule has 3 aromatic rings. The highest BCUT2D eigenvalue weighted by Crippen LogP contribution is 2.35. The van der Waals surface area contributed by atoms with Gasteiger partial charge in [0.15, 0.2) is 6.10 Å². The lowest BCUT2D eigenvalue weighted by Crippen LogP contribution is -2.45. The number of benzene rings is 2. The third-order valence-corrected chi connectivity index (χ3v) is 5.53. The average Bonchev–Trinajstić information content (AvgIpc) is 2.79. The third kappa shape index (κ3) is 6.05. The number of nitrogens with one attached hydrogen (secondary N) is 2. The Bertz CT molecular complexity index is 1180. The van der Waals surface area contributed by atoms with Crippen LogP contribution in [0.4, 0.5) is 10.5 Å². The lowest BCUT2D eigenvalue weighted by Gasteiger charge is -2.35. The molecule has 0 aliphatic carbocycles. The number of azide groups is 1. The normalized spacial score (nSPS) is 13.0. The summed E-state index contributed by atoms with van der Waals surface area (Å²) in [5.41, 5.74) is 15.9. The van der Waals surface area contributed by atoms with Crippen LogP contribution in [0.2, 0.25) is 0 Å².